The first-order valence-electron chi connectivity index (χ1n) is 16.6. The quantitative estimate of drug-likeness (QED) is 0.119. The smallest absolute Gasteiger partial charge is 0.124 e. The van der Waals surface area contributed by atoms with Crippen molar-refractivity contribution in [2.24, 2.45) is 0 Å². The third kappa shape index (κ3) is 14.2. The Bertz CT molecular complexity index is 1520. The van der Waals surface area contributed by atoms with Crippen molar-refractivity contribution in [1.29, 1.82) is 0 Å². The summed E-state index contributed by atoms with van der Waals surface area (Å²) in [5.41, 5.74) is 7.08. The van der Waals surface area contributed by atoms with E-state index in [-0.39, 0.29) is 73.9 Å². The molecule has 4 nitrogen and oxygen atoms in total. The van der Waals surface area contributed by atoms with Gasteiger partial charge in [-0.3, -0.25) is 0 Å². The fourth-order valence-electron chi connectivity index (χ4n) is 4.84. The zero-order valence-electron chi connectivity index (χ0n) is 31.9. The molecule has 0 atom stereocenters. The van der Waals surface area contributed by atoms with Gasteiger partial charge in [0.2, 0.25) is 0 Å². The number of benzene rings is 4. The van der Waals surface area contributed by atoms with Crippen LogP contribution >= 0.6 is 24.0 Å². The van der Waals surface area contributed by atoms with E-state index in [2.05, 4.69) is 120 Å². The molecule has 0 aliphatic carbocycles. The van der Waals surface area contributed by atoms with Crippen molar-refractivity contribution in [3.63, 3.8) is 0 Å². The van der Waals surface area contributed by atoms with Crippen LogP contribution in [0.5, 0.6) is 11.5 Å². The van der Waals surface area contributed by atoms with Crippen molar-refractivity contribution >= 4 is 36.4 Å². The molecule has 0 aliphatic heterocycles. The SMILES string of the molecule is CC(C)(C)c1cc(C=[N-])c(O)c(C(C)(C)C)c1.CC(C)(C)c1cc(C=[N-])c(O)c(C(C)(C)C)c1.I.[Co].c1ccc([CH-][CH-]c2ccccc2)cc1. The first-order chi connectivity index (χ1) is 22.1. The first kappa shape index (κ1) is 46.8. The summed E-state index contributed by atoms with van der Waals surface area (Å²) in [4.78, 5) is 0. The van der Waals surface area contributed by atoms with Gasteiger partial charge in [0.1, 0.15) is 11.5 Å². The van der Waals surface area contributed by atoms with Gasteiger partial charge in [-0.2, -0.15) is 36.7 Å². The second-order valence-electron chi connectivity index (χ2n) is 16.3. The standard InChI is InChI=1S/2C15H22NO.C14H12.Co.HI/c2*1-14(2,3)11-7-10(9-16)13(17)12(8-11)15(4,5)6;1-3-7-13(8-4-1)11-12-14-9-5-2-6-10-14;;/h2*7-9,17H,1-6H3;1-12H;;1H/q2*-1;-2;;. The molecule has 0 heterocycles. The molecule has 0 saturated carbocycles. The molecule has 0 fully saturated rings. The Morgan fingerprint density at radius 1 is 0.480 bits per heavy atom. The zero-order chi connectivity index (χ0) is 36.5. The summed E-state index contributed by atoms with van der Waals surface area (Å²) in [6.45, 7) is 25.0. The van der Waals surface area contributed by atoms with Crippen molar-refractivity contribution in [2.45, 2.75) is 105 Å². The summed E-state index contributed by atoms with van der Waals surface area (Å²) in [5.74, 6) is 0.348. The summed E-state index contributed by atoms with van der Waals surface area (Å²) >= 11 is 0. The molecule has 2 N–H and O–H groups in total. The fraction of sp³-hybridized carbons (Fsp3) is 0.364. The summed E-state index contributed by atoms with van der Waals surface area (Å²) in [5, 5.41) is 38.7. The van der Waals surface area contributed by atoms with E-state index in [9.17, 15) is 21.0 Å². The molecule has 1 radical (unpaired) electrons. The molecule has 0 amide bonds. The molecule has 0 bridgehead atoms. The fourth-order valence-corrected chi connectivity index (χ4v) is 4.84. The second kappa shape index (κ2) is 19.4. The third-order valence-electron chi connectivity index (χ3n) is 7.97. The molecular formula is C44H57CoIN2O2-4. The van der Waals surface area contributed by atoms with Crippen LogP contribution in [0.4, 0.5) is 0 Å². The van der Waals surface area contributed by atoms with E-state index in [1.54, 1.807) is 0 Å². The molecule has 0 spiro atoms. The van der Waals surface area contributed by atoms with Gasteiger partial charge in [0.15, 0.2) is 0 Å². The van der Waals surface area contributed by atoms with Gasteiger partial charge in [-0.25, -0.2) is 24.0 Å². The number of hydrogen-bond donors (Lipinski definition) is 2. The van der Waals surface area contributed by atoms with Crippen LogP contribution < -0.4 is 0 Å². The normalized spacial score (nSPS) is 11.2. The van der Waals surface area contributed by atoms with Crippen LogP contribution in [0.1, 0.15) is 128 Å². The minimum Gasteiger partial charge on any atom is -0.810 e. The molecule has 6 heteroatoms. The molecule has 0 unspecified atom stereocenters. The predicted molar refractivity (Wildman–Crippen MR) is 223 cm³/mol. The number of hydrogen-bond acceptors (Lipinski definition) is 2. The number of rotatable bonds is 5. The van der Waals surface area contributed by atoms with E-state index in [1.807, 2.05) is 60.7 Å². The largest absolute Gasteiger partial charge is 0.810 e. The van der Waals surface area contributed by atoms with E-state index >= 15 is 0 Å². The molecule has 0 aromatic heterocycles. The maximum Gasteiger partial charge on any atom is 0.124 e. The van der Waals surface area contributed by atoms with Crippen molar-refractivity contribution < 1.29 is 27.0 Å². The number of aromatic hydroxyl groups is 2. The molecule has 0 aliphatic rings. The average Bonchev–Trinajstić information content (AvgIpc) is 2.99. The first-order valence-corrected chi connectivity index (χ1v) is 16.6. The number of phenols is 2. The maximum atomic E-state index is 10.1. The zero-order valence-corrected chi connectivity index (χ0v) is 35.3. The molecule has 50 heavy (non-hydrogen) atoms. The molecule has 4 aromatic carbocycles. The monoisotopic (exact) mass is 831 g/mol. The topological polar surface area (TPSA) is 85.1 Å². The van der Waals surface area contributed by atoms with Crippen LogP contribution in [-0.4, -0.2) is 22.6 Å². The van der Waals surface area contributed by atoms with Crippen molar-refractivity contribution in [1.82, 2.24) is 0 Å². The average molecular weight is 832 g/mol. The summed E-state index contributed by atoms with van der Waals surface area (Å²) in [6, 6.07) is 28.4. The van der Waals surface area contributed by atoms with Crippen molar-refractivity contribution in [3.8, 4) is 11.5 Å². The minimum atomic E-state index is -0.150. The third-order valence-corrected chi connectivity index (χ3v) is 7.97. The van der Waals surface area contributed by atoms with E-state index in [0.717, 1.165) is 34.7 Å². The summed E-state index contributed by atoms with van der Waals surface area (Å²) in [7, 11) is 0. The van der Waals surface area contributed by atoms with Crippen LogP contribution in [0.2, 0.25) is 0 Å². The van der Waals surface area contributed by atoms with Crippen LogP contribution in [0, 0.1) is 12.8 Å². The van der Waals surface area contributed by atoms with Gasteiger partial charge >= 0.3 is 0 Å². The van der Waals surface area contributed by atoms with Gasteiger partial charge in [-0.05, 0) is 56.0 Å². The Morgan fingerprint density at radius 2 is 0.760 bits per heavy atom. The van der Waals surface area contributed by atoms with E-state index in [1.165, 1.54) is 11.1 Å². The Labute approximate surface area is 330 Å². The summed E-state index contributed by atoms with van der Waals surface area (Å²) < 4.78 is 0. The van der Waals surface area contributed by atoms with Crippen molar-refractivity contribution in [2.75, 3.05) is 0 Å². The molecular weight excluding hydrogens is 774 g/mol. The van der Waals surface area contributed by atoms with Gasteiger partial charge < -0.3 is 21.0 Å². The van der Waals surface area contributed by atoms with E-state index in [4.69, 9.17) is 0 Å². The Morgan fingerprint density at radius 3 is 0.980 bits per heavy atom. The molecule has 275 valence electrons. The molecule has 0 saturated heterocycles. The van der Waals surface area contributed by atoms with Crippen molar-refractivity contribution in [3.05, 3.63) is 153 Å². The van der Waals surface area contributed by atoms with Gasteiger partial charge in [-0.1, -0.05) is 107 Å². The van der Waals surface area contributed by atoms with Crippen LogP contribution in [-0.2, 0) is 38.4 Å². The number of nitrogens with zero attached hydrogens (tertiary/aromatic N) is 2. The van der Waals surface area contributed by atoms with Gasteiger partial charge in [-0.15, -0.1) is 48.2 Å². The van der Waals surface area contributed by atoms with Crippen LogP contribution in [0.25, 0.3) is 10.8 Å². The Hall–Kier alpha value is -3.20. The van der Waals surface area contributed by atoms with Crippen LogP contribution in [0.15, 0.2) is 84.9 Å². The minimum absolute atomic E-state index is 0. The number of halogens is 1. The molecule has 4 aromatic rings. The van der Waals surface area contributed by atoms with Crippen LogP contribution in [0.3, 0.4) is 0 Å². The van der Waals surface area contributed by atoms with Gasteiger partial charge in [0.25, 0.3) is 0 Å². The van der Waals surface area contributed by atoms with E-state index in [0.29, 0.717) is 11.1 Å². The maximum absolute atomic E-state index is 10.1. The second-order valence-corrected chi connectivity index (χ2v) is 16.3. The van der Waals surface area contributed by atoms with E-state index < -0.39 is 0 Å². The van der Waals surface area contributed by atoms with Gasteiger partial charge in [0, 0.05) is 27.9 Å². The van der Waals surface area contributed by atoms with Gasteiger partial charge in [0.05, 0.1) is 0 Å². The summed E-state index contributed by atoms with van der Waals surface area (Å²) in [6.07, 6.45) is 6.18. The Balaban J connectivity index is 0.000000709. The number of phenolic OH excluding ortho intramolecular Hbond substituents is 2. The molecule has 4 rings (SSSR count). The predicted octanol–water partition coefficient (Wildman–Crippen LogP) is 12.1. The Kier molecular flexibility index (Phi) is 18.2.